The third-order valence-corrected chi connectivity index (χ3v) is 0.672. The van der Waals surface area contributed by atoms with Crippen LogP contribution in [0.2, 0.25) is 0 Å². The van der Waals surface area contributed by atoms with Gasteiger partial charge < -0.3 is 10.3 Å². The van der Waals surface area contributed by atoms with Crippen molar-refractivity contribution in [1.82, 2.24) is 0 Å². The van der Waals surface area contributed by atoms with E-state index in [1.807, 2.05) is 0 Å². The molecule has 0 bridgehead atoms. The molecule has 54 valence electrons. The van der Waals surface area contributed by atoms with Crippen molar-refractivity contribution < 1.29 is 14.3 Å². The smallest absolute Gasteiger partial charge is 0.330 e. The Morgan fingerprint density at radius 1 is 1.80 bits per heavy atom. The van der Waals surface area contributed by atoms with E-state index in [1.54, 1.807) is 6.92 Å². The second-order valence-corrected chi connectivity index (χ2v) is 1.38. The van der Waals surface area contributed by atoms with Crippen molar-refractivity contribution in [2.75, 3.05) is 6.61 Å². The van der Waals surface area contributed by atoms with Crippen molar-refractivity contribution >= 4 is 12.2 Å². The van der Waals surface area contributed by atoms with Crippen LogP contribution in [0, 0.1) is 0 Å². The van der Waals surface area contributed by atoms with Crippen molar-refractivity contribution in [1.29, 1.82) is 0 Å². The highest BCUT2D eigenvalue weighted by Crippen LogP contribution is 1.77. The predicted octanol–water partition coefficient (Wildman–Crippen LogP) is 0.406. The molecule has 0 heterocycles. The van der Waals surface area contributed by atoms with Crippen LogP contribution in [0.5, 0.6) is 0 Å². The van der Waals surface area contributed by atoms with E-state index in [9.17, 15) is 4.79 Å². The Labute approximate surface area is 58.7 Å². The summed E-state index contributed by atoms with van der Waals surface area (Å²) in [5, 5.41) is 0. The second kappa shape index (κ2) is 5.72. The van der Waals surface area contributed by atoms with Gasteiger partial charge in [-0.1, -0.05) is 0 Å². The zero-order valence-electron chi connectivity index (χ0n) is 5.65. The molecule has 0 aromatic carbocycles. The fraction of sp³-hybridized carbons (Fsp3) is 0.333. The maximum Gasteiger partial charge on any atom is 0.330 e. The molecule has 0 amide bonds. The largest absolute Gasteiger partial charge is 0.463 e. The zero-order chi connectivity index (χ0) is 7.82. The Morgan fingerprint density at radius 2 is 2.50 bits per heavy atom. The van der Waals surface area contributed by atoms with Crippen LogP contribution in [0.3, 0.4) is 0 Å². The van der Waals surface area contributed by atoms with Crippen LogP contribution in [-0.4, -0.2) is 23.6 Å². The molecule has 0 rings (SSSR count). The lowest BCUT2D eigenvalue weighted by molar-refractivity contribution is -0.137. The van der Waals surface area contributed by atoms with Crippen LogP contribution in [0.15, 0.2) is 12.2 Å². The van der Waals surface area contributed by atoms with Gasteiger partial charge in [0.15, 0.2) is 0 Å². The number of nitrogens with zero attached hydrogens (tertiary/aromatic N) is 2. The zero-order valence-corrected chi connectivity index (χ0v) is 5.65. The molecule has 0 radical (unpaired) electrons. The average molecular weight is 140 g/mol. The van der Waals surface area contributed by atoms with Crippen molar-refractivity contribution in [2.45, 2.75) is 6.92 Å². The number of carbonyl (C=O) groups is 1. The molecule has 0 saturated heterocycles. The second-order valence-electron chi connectivity index (χ2n) is 1.38. The van der Waals surface area contributed by atoms with Crippen LogP contribution < -0.4 is 0 Å². The topological polar surface area (TPSA) is 62.7 Å². The number of hydrogen-bond donors (Lipinski definition) is 0. The molecule has 0 aromatic rings. The number of allylic oxidation sites excluding steroid dienone is 1. The standard InChI is InChI=1S/C6H8N2O2/c1-2-10-6(9)4-3-5-8-7/h3-5H,2H2,1H3/b4-3+. The summed E-state index contributed by atoms with van der Waals surface area (Å²) in [6.07, 6.45) is 3.54. The van der Waals surface area contributed by atoms with Gasteiger partial charge in [0.05, 0.1) is 6.61 Å². The lowest BCUT2D eigenvalue weighted by atomic mass is 10.5. The molecule has 0 spiro atoms. The van der Waals surface area contributed by atoms with E-state index in [2.05, 4.69) is 9.53 Å². The van der Waals surface area contributed by atoms with Gasteiger partial charge in [-0.15, -0.1) is 0 Å². The lowest BCUT2D eigenvalue weighted by Gasteiger charge is -1.91. The molecule has 10 heavy (non-hydrogen) atoms. The molecule has 0 aliphatic carbocycles. The summed E-state index contributed by atoms with van der Waals surface area (Å²) < 4.78 is 4.52. The summed E-state index contributed by atoms with van der Waals surface area (Å²) in [7, 11) is 0. The summed E-state index contributed by atoms with van der Waals surface area (Å²) in [6.45, 7) is 2.06. The molecular formula is C6H8N2O2. The third-order valence-electron chi connectivity index (χ3n) is 0.672. The van der Waals surface area contributed by atoms with Crippen LogP contribution >= 0.6 is 0 Å². The van der Waals surface area contributed by atoms with Crippen molar-refractivity contribution in [3.63, 3.8) is 0 Å². The first-order valence-corrected chi connectivity index (χ1v) is 2.82. The summed E-state index contributed by atoms with van der Waals surface area (Å²) in [6, 6.07) is 0. The molecule has 0 aliphatic heterocycles. The molecular weight excluding hydrogens is 132 g/mol. The first-order chi connectivity index (χ1) is 4.81. The Balaban J connectivity index is 3.66. The number of ether oxygens (including phenoxy) is 1. The van der Waals surface area contributed by atoms with E-state index in [-0.39, 0.29) is 0 Å². The first-order valence-electron chi connectivity index (χ1n) is 2.82. The maximum absolute atomic E-state index is 10.5. The first kappa shape index (κ1) is 8.59. The van der Waals surface area contributed by atoms with Gasteiger partial charge in [-0.2, -0.15) is 4.79 Å². The molecule has 0 saturated carbocycles. The van der Waals surface area contributed by atoms with Gasteiger partial charge in [-0.05, 0) is 6.92 Å². The molecule has 0 N–H and O–H groups in total. The Hall–Kier alpha value is -1.41. The van der Waals surface area contributed by atoms with Crippen LogP contribution in [-0.2, 0) is 9.53 Å². The van der Waals surface area contributed by atoms with Crippen molar-refractivity contribution in [3.05, 3.63) is 17.7 Å². The monoisotopic (exact) mass is 140 g/mol. The van der Waals surface area contributed by atoms with E-state index in [0.717, 1.165) is 6.21 Å². The minimum atomic E-state index is -0.442. The van der Waals surface area contributed by atoms with Gasteiger partial charge in [-0.3, -0.25) is 0 Å². The Bertz CT molecular complexity index is 180. The van der Waals surface area contributed by atoms with E-state index in [4.69, 9.17) is 5.53 Å². The molecule has 4 heteroatoms. The van der Waals surface area contributed by atoms with Crippen molar-refractivity contribution in [3.8, 4) is 0 Å². The fourth-order valence-electron chi connectivity index (χ4n) is 0.350. The van der Waals surface area contributed by atoms with E-state index < -0.39 is 5.97 Å². The van der Waals surface area contributed by atoms with Gasteiger partial charge in [0.2, 0.25) is 0 Å². The molecule has 4 nitrogen and oxygen atoms in total. The highest BCUT2D eigenvalue weighted by Gasteiger charge is 1.90. The minimum absolute atomic E-state index is 0.347. The summed E-state index contributed by atoms with van der Waals surface area (Å²) in [5.41, 5.74) is 7.88. The molecule has 0 fully saturated rings. The van der Waals surface area contributed by atoms with Gasteiger partial charge in [0.1, 0.15) is 0 Å². The number of carbonyl (C=O) groups excluding carboxylic acids is 1. The fourth-order valence-corrected chi connectivity index (χ4v) is 0.350. The predicted molar refractivity (Wildman–Crippen MR) is 35.5 cm³/mol. The highest BCUT2D eigenvalue weighted by molar-refractivity contribution is 5.86. The summed E-state index contributed by atoms with van der Waals surface area (Å²) in [5.74, 6) is -0.442. The Kier molecular flexibility index (Phi) is 4.91. The van der Waals surface area contributed by atoms with Crippen LogP contribution in [0.25, 0.3) is 5.53 Å². The van der Waals surface area contributed by atoms with Gasteiger partial charge in [-0.25, -0.2) is 4.79 Å². The van der Waals surface area contributed by atoms with Gasteiger partial charge in [0.25, 0.3) is 6.21 Å². The number of esters is 1. The van der Waals surface area contributed by atoms with E-state index in [0.29, 0.717) is 6.61 Å². The lowest BCUT2D eigenvalue weighted by Crippen LogP contribution is -1.98. The highest BCUT2D eigenvalue weighted by atomic mass is 16.5. The number of rotatable bonds is 3. The third kappa shape index (κ3) is 4.74. The number of hydrogen-bond acceptors (Lipinski definition) is 2. The maximum atomic E-state index is 10.5. The molecule has 0 aromatic heterocycles. The van der Waals surface area contributed by atoms with Crippen LogP contribution in [0.4, 0.5) is 0 Å². The SMILES string of the molecule is CCOC(=O)/C=C/C=[N+]=[N-]. The minimum Gasteiger partial charge on any atom is -0.463 e. The van der Waals surface area contributed by atoms with Gasteiger partial charge in [0, 0.05) is 12.2 Å². The summed E-state index contributed by atoms with van der Waals surface area (Å²) >= 11 is 0. The average Bonchev–Trinajstić information content (AvgIpc) is 1.89. The van der Waals surface area contributed by atoms with Crippen LogP contribution in [0.1, 0.15) is 6.92 Å². The van der Waals surface area contributed by atoms with E-state index >= 15 is 0 Å². The molecule has 0 aliphatic rings. The van der Waals surface area contributed by atoms with E-state index in [1.165, 1.54) is 12.2 Å². The molecule has 0 atom stereocenters. The summed E-state index contributed by atoms with van der Waals surface area (Å²) in [4.78, 5) is 13.1. The normalized spacial score (nSPS) is 8.90. The molecule has 0 unspecified atom stereocenters. The van der Waals surface area contributed by atoms with Crippen molar-refractivity contribution in [2.24, 2.45) is 0 Å². The quantitative estimate of drug-likeness (QED) is 0.187. The Morgan fingerprint density at radius 3 is 3.00 bits per heavy atom. The van der Waals surface area contributed by atoms with Gasteiger partial charge >= 0.3 is 5.97 Å².